The number of nitrogens with zero attached hydrogens (tertiary/aromatic N) is 2. The van der Waals surface area contributed by atoms with Gasteiger partial charge in [-0.25, -0.2) is 9.18 Å². The molecule has 0 aromatic heterocycles. The van der Waals surface area contributed by atoms with Gasteiger partial charge in [0.1, 0.15) is 5.75 Å². The summed E-state index contributed by atoms with van der Waals surface area (Å²) < 4.78 is 26.1. The van der Waals surface area contributed by atoms with Gasteiger partial charge in [0, 0.05) is 61.8 Å². The third-order valence-electron chi connectivity index (χ3n) is 8.38. The first-order valence-corrected chi connectivity index (χ1v) is 16.4. The van der Waals surface area contributed by atoms with E-state index < -0.39 is 11.8 Å². The predicted octanol–water partition coefficient (Wildman–Crippen LogP) is 7.89. The van der Waals surface area contributed by atoms with E-state index in [1.165, 1.54) is 38.6 Å². The summed E-state index contributed by atoms with van der Waals surface area (Å²) >= 11 is 0. The Morgan fingerprint density at radius 3 is 2.26 bits per heavy atom. The molecule has 3 N–H and O–H groups in total. The summed E-state index contributed by atoms with van der Waals surface area (Å²) in [7, 11) is 3.57. The summed E-state index contributed by atoms with van der Waals surface area (Å²) in [6.07, 6.45) is 7.68. The summed E-state index contributed by atoms with van der Waals surface area (Å²) in [6.45, 7) is 8.28. The predicted molar refractivity (Wildman–Crippen MR) is 183 cm³/mol. The second-order valence-electron chi connectivity index (χ2n) is 11.7. The zero-order chi connectivity index (χ0) is 32.9. The molecule has 4 rings (SSSR count). The Labute approximate surface area is 272 Å². The number of hydrogen-bond acceptors (Lipinski definition) is 6. The zero-order valence-electron chi connectivity index (χ0n) is 27.5. The van der Waals surface area contributed by atoms with Crippen LogP contribution in [0.3, 0.4) is 0 Å². The number of unbranched alkanes of at least 4 members (excludes halogenated alkanes) is 3. The van der Waals surface area contributed by atoms with Crippen LogP contribution in [-0.2, 0) is 0 Å². The number of ether oxygens (including phenoxy) is 2. The van der Waals surface area contributed by atoms with Crippen molar-refractivity contribution >= 4 is 29.0 Å². The number of benzene rings is 3. The van der Waals surface area contributed by atoms with Crippen molar-refractivity contribution in [2.75, 3.05) is 55.9 Å². The van der Waals surface area contributed by atoms with E-state index >= 15 is 0 Å². The molecule has 0 unspecified atom stereocenters. The zero-order valence-corrected chi connectivity index (χ0v) is 27.5. The smallest absolute Gasteiger partial charge is 0.319 e. The van der Waals surface area contributed by atoms with E-state index in [2.05, 4.69) is 46.6 Å². The Balaban J connectivity index is 1.30. The molecule has 0 bridgehead atoms. The SMILES string of the molecule is CCCCCNC(=O)Nc1cc(OC)c(Oc2ccc(NC(=O)c3ccc(N(C)C4CCN(CCCC)CC4)cc3)cc2)cc1F. The van der Waals surface area contributed by atoms with Gasteiger partial charge in [0.2, 0.25) is 0 Å². The molecule has 1 heterocycles. The van der Waals surface area contributed by atoms with Crippen molar-refractivity contribution in [3.8, 4) is 17.2 Å². The van der Waals surface area contributed by atoms with Crippen LogP contribution < -0.4 is 30.3 Å². The molecule has 1 saturated heterocycles. The van der Waals surface area contributed by atoms with Crippen molar-refractivity contribution in [2.45, 2.75) is 64.8 Å². The Bertz CT molecular complexity index is 1410. The monoisotopic (exact) mass is 633 g/mol. The quantitative estimate of drug-likeness (QED) is 0.147. The minimum absolute atomic E-state index is 0.0157. The number of likely N-dealkylation sites (tertiary alicyclic amines) is 1. The third-order valence-corrected chi connectivity index (χ3v) is 8.38. The van der Waals surface area contributed by atoms with Gasteiger partial charge in [-0.3, -0.25) is 4.79 Å². The highest BCUT2D eigenvalue weighted by Crippen LogP contribution is 2.36. The molecule has 9 nitrogen and oxygen atoms in total. The summed E-state index contributed by atoms with van der Waals surface area (Å²) in [6, 6.07) is 17.0. The molecular weight excluding hydrogens is 585 g/mol. The number of methoxy groups -OCH3 is 1. The van der Waals surface area contributed by atoms with E-state index in [0.717, 1.165) is 50.9 Å². The van der Waals surface area contributed by atoms with E-state index in [4.69, 9.17) is 9.47 Å². The fraction of sp³-hybridized carbons (Fsp3) is 0.444. The molecule has 3 aromatic rings. The number of nitrogens with one attached hydrogen (secondary N) is 3. The second kappa shape index (κ2) is 17.4. The molecule has 10 heteroatoms. The summed E-state index contributed by atoms with van der Waals surface area (Å²) in [5.74, 6) is -0.0419. The fourth-order valence-electron chi connectivity index (χ4n) is 5.52. The van der Waals surface area contributed by atoms with E-state index in [0.29, 0.717) is 29.6 Å². The number of piperidine rings is 1. The average Bonchev–Trinajstić information content (AvgIpc) is 3.07. The number of anilines is 3. The molecule has 248 valence electrons. The Morgan fingerprint density at radius 2 is 1.61 bits per heavy atom. The highest BCUT2D eigenvalue weighted by Gasteiger charge is 2.22. The minimum atomic E-state index is -0.659. The van der Waals surface area contributed by atoms with E-state index in [9.17, 15) is 14.0 Å². The van der Waals surface area contributed by atoms with Crippen LogP contribution in [0, 0.1) is 5.82 Å². The number of carbonyl (C=O) groups is 2. The van der Waals surface area contributed by atoms with Crippen molar-refractivity contribution < 1.29 is 23.5 Å². The first-order valence-electron chi connectivity index (χ1n) is 16.4. The van der Waals surface area contributed by atoms with Crippen LogP contribution in [0.4, 0.5) is 26.2 Å². The van der Waals surface area contributed by atoms with E-state index in [1.807, 2.05) is 24.3 Å². The highest BCUT2D eigenvalue weighted by molar-refractivity contribution is 6.04. The standard InChI is InChI=1S/C36H48FN5O4/c1-5-7-9-20-38-36(44)40-32-25-33(45-4)34(24-31(32)37)46-30-16-12-27(13-17-30)39-35(43)26-10-14-28(15-11-26)41(3)29-18-22-42(23-19-29)21-8-6-2/h10-17,24-25,29H,5-9,18-23H2,1-4H3,(H,39,43)(H2,38,40,44). The minimum Gasteiger partial charge on any atom is -0.493 e. The topological polar surface area (TPSA) is 95.2 Å². The first-order chi connectivity index (χ1) is 22.3. The third kappa shape index (κ3) is 9.84. The maximum atomic E-state index is 14.8. The number of carbonyl (C=O) groups excluding carboxylic acids is 2. The summed E-state index contributed by atoms with van der Waals surface area (Å²) in [4.78, 5) is 30.0. The number of rotatable bonds is 15. The molecule has 1 aliphatic heterocycles. The van der Waals surface area contributed by atoms with Crippen molar-refractivity contribution in [3.63, 3.8) is 0 Å². The van der Waals surface area contributed by atoms with Crippen molar-refractivity contribution in [2.24, 2.45) is 0 Å². The molecule has 1 fully saturated rings. The fourth-order valence-corrected chi connectivity index (χ4v) is 5.52. The lowest BCUT2D eigenvalue weighted by atomic mass is 10.0. The second-order valence-corrected chi connectivity index (χ2v) is 11.7. The van der Waals surface area contributed by atoms with Gasteiger partial charge in [-0.1, -0.05) is 33.1 Å². The molecule has 0 radical (unpaired) electrons. The molecule has 0 atom stereocenters. The number of amides is 3. The Morgan fingerprint density at radius 1 is 0.913 bits per heavy atom. The molecule has 1 aliphatic rings. The van der Waals surface area contributed by atoms with Crippen LogP contribution in [-0.4, -0.2) is 63.2 Å². The van der Waals surface area contributed by atoms with Crippen LogP contribution in [0.25, 0.3) is 0 Å². The van der Waals surface area contributed by atoms with Gasteiger partial charge in [0.05, 0.1) is 12.8 Å². The summed E-state index contributed by atoms with van der Waals surface area (Å²) in [5.41, 5.74) is 2.25. The van der Waals surface area contributed by atoms with E-state index in [1.54, 1.807) is 24.3 Å². The lowest BCUT2D eigenvalue weighted by Gasteiger charge is -2.38. The van der Waals surface area contributed by atoms with Gasteiger partial charge in [0.15, 0.2) is 17.3 Å². The largest absolute Gasteiger partial charge is 0.493 e. The van der Waals surface area contributed by atoms with E-state index in [-0.39, 0.29) is 23.1 Å². The van der Waals surface area contributed by atoms with Gasteiger partial charge in [-0.15, -0.1) is 0 Å². The normalized spacial score (nSPS) is 13.6. The maximum absolute atomic E-state index is 14.8. The molecule has 46 heavy (non-hydrogen) atoms. The Kier molecular flexibility index (Phi) is 13.1. The average molecular weight is 634 g/mol. The number of hydrogen-bond donors (Lipinski definition) is 3. The van der Waals surface area contributed by atoms with Gasteiger partial charge in [0.25, 0.3) is 5.91 Å². The van der Waals surface area contributed by atoms with Gasteiger partial charge >= 0.3 is 6.03 Å². The molecule has 3 amide bonds. The maximum Gasteiger partial charge on any atom is 0.319 e. The molecular formula is C36H48FN5O4. The molecule has 0 aliphatic carbocycles. The van der Waals surface area contributed by atoms with Crippen molar-refractivity contribution in [3.05, 3.63) is 72.0 Å². The first kappa shape index (κ1) is 34.6. The molecule has 3 aromatic carbocycles. The lowest BCUT2D eigenvalue weighted by molar-refractivity contribution is 0.102. The van der Waals surface area contributed by atoms with Crippen molar-refractivity contribution in [1.29, 1.82) is 0 Å². The number of urea groups is 1. The van der Waals surface area contributed by atoms with Gasteiger partial charge in [-0.2, -0.15) is 0 Å². The molecule has 0 spiro atoms. The molecule has 0 saturated carbocycles. The van der Waals surface area contributed by atoms with Crippen LogP contribution in [0.2, 0.25) is 0 Å². The van der Waals surface area contributed by atoms with Crippen LogP contribution in [0.5, 0.6) is 17.2 Å². The van der Waals surface area contributed by atoms with Gasteiger partial charge < -0.3 is 35.2 Å². The van der Waals surface area contributed by atoms with Crippen LogP contribution in [0.15, 0.2) is 60.7 Å². The number of halogens is 1. The lowest BCUT2D eigenvalue weighted by Crippen LogP contribution is -2.43. The van der Waals surface area contributed by atoms with Crippen LogP contribution in [0.1, 0.15) is 69.2 Å². The van der Waals surface area contributed by atoms with Gasteiger partial charge in [-0.05, 0) is 80.8 Å². The highest BCUT2D eigenvalue weighted by atomic mass is 19.1. The summed E-state index contributed by atoms with van der Waals surface area (Å²) in [5, 5.41) is 8.15. The Hall–Kier alpha value is -4.31. The van der Waals surface area contributed by atoms with Crippen molar-refractivity contribution in [1.82, 2.24) is 10.2 Å². The van der Waals surface area contributed by atoms with Crippen LogP contribution >= 0.6 is 0 Å².